The number of nitrogens with zero attached hydrogens (tertiary/aromatic N) is 1. The van der Waals surface area contributed by atoms with Crippen molar-refractivity contribution in [2.45, 2.75) is 77.4 Å². The predicted octanol–water partition coefficient (Wildman–Crippen LogP) is 3.97. The van der Waals surface area contributed by atoms with E-state index in [1.165, 1.54) is 25.7 Å². The Morgan fingerprint density at radius 3 is 2.35 bits per heavy atom. The number of hydrogen-bond donors (Lipinski definition) is 1. The fourth-order valence-electron chi connectivity index (χ4n) is 2.63. The minimum atomic E-state index is -0.0350. The van der Waals surface area contributed by atoms with Gasteiger partial charge in [-0.1, -0.05) is 33.6 Å². The van der Waals surface area contributed by atoms with Crippen LogP contribution in [0.25, 0.3) is 0 Å². The highest BCUT2D eigenvalue weighted by Gasteiger charge is 2.19. The summed E-state index contributed by atoms with van der Waals surface area (Å²) in [6.07, 6.45) is 7.65. The summed E-state index contributed by atoms with van der Waals surface area (Å²) >= 11 is 0. The van der Waals surface area contributed by atoms with Gasteiger partial charge in [0, 0.05) is 11.5 Å². The fourth-order valence-corrected chi connectivity index (χ4v) is 2.63. The number of aliphatic hydroxyl groups is 1. The van der Waals surface area contributed by atoms with Gasteiger partial charge in [0.15, 0.2) is 0 Å². The van der Waals surface area contributed by atoms with Crippen molar-refractivity contribution in [1.82, 2.24) is 4.98 Å². The molecular weight excluding hydrogens is 250 g/mol. The monoisotopic (exact) mass is 277 g/mol. The highest BCUT2D eigenvalue weighted by Crippen LogP contribution is 2.27. The molecule has 1 aromatic heterocycles. The Labute approximate surface area is 122 Å². The molecular formula is C17H27NO2. The number of hydrogen-bond acceptors (Lipinski definition) is 3. The molecule has 20 heavy (non-hydrogen) atoms. The first kappa shape index (κ1) is 15.3. The first-order valence-electron chi connectivity index (χ1n) is 7.78. The maximum Gasteiger partial charge on any atom is 0.214 e. The molecule has 3 nitrogen and oxygen atoms in total. The topological polar surface area (TPSA) is 42.4 Å². The lowest BCUT2D eigenvalue weighted by atomic mass is 9.91. The van der Waals surface area contributed by atoms with Crippen molar-refractivity contribution >= 4 is 0 Å². The first-order chi connectivity index (χ1) is 9.49. The lowest BCUT2D eigenvalue weighted by Gasteiger charge is -2.22. The van der Waals surface area contributed by atoms with Gasteiger partial charge in [0.05, 0.1) is 12.3 Å². The van der Waals surface area contributed by atoms with Gasteiger partial charge in [0.1, 0.15) is 6.10 Å². The Hall–Kier alpha value is -1.09. The maximum atomic E-state index is 9.42. The number of aromatic nitrogens is 1. The van der Waals surface area contributed by atoms with Crippen LogP contribution in [0.4, 0.5) is 0 Å². The quantitative estimate of drug-likeness (QED) is 0.850. The minimum Gasteiger partial charge on any atom is -0.474 e. The third kappa shape index (κ3) is 4.20. The zero-order chi connectivity index (χ0) is 14.6. The van der Waals surface area contributed by atoms with Gasteiger partial charge in [-0.2, -0.15) is 0 Å². The molecule has 1 N–H and O–H groups in total. The van der Waals surface area contributed by atoms with Crippen molar-refractivity contribution in [3.05, 3.63) is 23.4 Å². The molecule has 0 aromatic carbocycles. The lowest BCUT2D eigenvalue weighted by Crippen LogP contribution is -2.19. The molecule has 0 radical (unpaired) electrons. The lowest BCUT2D eigenvalue weighted by molar-refractivity contribution is 0.174. The summed E-state index contributed by atoms with van der Waals surface area (Å²) in [5.74, 6) is 0.674. The molecule has 0 unspecified atom stereocenters. The van der Waals surface area contributed by atoms with Crippen molar-refractivity contribution in [1.29, 1.82) is 0 Å². The summed E-state index contributed by atoms with van der Waals surface area (Å²) in [6.45, 7) is 6.43. The number of rotatable bonds is 3. The molecule has 3 heteroatoms. The Morgan fingerprint density at radius 2 is 1.80 bits per heavy atom. The second-order valence-corrected chi connectivity index (χ2v) is 6.84. The molecule has 1 fully saturated rings. The van der Waals surface area contributed by atoms with E-state index in [2.05, 4.69) is 25.8 Å². The molecule has 0 spiro atoms. The Bertz CT molecular complexity index is 429. The number of pyridine rings is 1. The normalized spacial score (nSPS) is 17.8. The molecule has 0 amide bonds. The molecule has 0 aliphatic heterocycles. The average Bonchev–Trinajstić information content (AvgIpc) is 2.66. The van der Waals surface area contributed by atoms with Gasteiger partial charge in [0.2, 0.25) is 5.88 Å². The van der Waals surface area contributed by atoms with Crippen LogP contribution in [-0.4, -0.2) is 16.2 Å². The van der Waals surface area contributed by atoms with Crippen molar-refractivity contribution in [3.63, 3.8) is 0 Å². The van der Waals surface area contributed by atoms with Crippen LogP contribution in [0.3, 0.4) is 0 Å². The van der Waals surface area contributed by atoms with Gasteiger partial charge in [-0.3, -0.25) is 0 Å². The molecule has 1 heterocycles. The minimum absolute atomic E-state index is 0.0344. The molecule has 0 bridgehead atoms. The van der Waals surface area contributed by atoms with Crippen molar-refractivity contribution in [2.75, 3.05) is 0 Å². The SMILES string of the molecule is CC(C)(C)c1cc(CO)cc(OC2CCCCCC2)n1. The highest BCUT2D eigenvalue weighted by atomic mass is 16.5. The van der Waals surface area contributed by atoms with Crippen molar-refractivity contribution in [2.24, 2.45) is 0 Å². The Morgan fingerprint density at radius 1 is 1.15 bits per heavy atom. The van der Waals surface area contributed by atoms with Gasteiger partial charge in [-0.25, -0.2) is 4.98 Å². The molecule has 0 saturated heterocycles. The summed E-state index contributed by atoms with van der Waals surface area (Å²) in [5, 5.41) is 9.42. The average molecular weight is 277 g/mol. The van der Waals surface area contributed by atoms with E-state index >= 15 is 0 Å². The summed E-state index contributed by atoms with van der Waals surface area (Å²) in [4.78, 5) is 4.64. The standard InChI is InChI=1S/C17H27NO2/c1-17(2,3)15-10-13(12-19)11-16(18-15)20-14-8-6-4-5-7-9-14/h10-11,14,19H,4-9,12H2,1-3H3. The molecule has 0 atom stereocenters. The van der Waals surface area contributed by atoms with Crippen LogP contribution in [0.15, 0.2) is 12.1 Å². The van der Waals surface area contributed by atoms with Crippen LogP contribution in [0.2, 0.25) is 0 Å². The fraction of sp³-hybridized carbons (Fsp3) is 0.706. The van der Waals surface area contributed by atoms with E-state index in [9.17, 15) is 5.11 Å². The van der Waals surface area contributed by atoms with Crippen LogP contribution in [0, 0.1) is 0 Å². The van der Waals surface area contributed by atoms with E-state index in [4.69, 9.17) is 4.74 Å². The summed E-state index contributed by atoms with van der Waals surface area (Å²) in [5.41, 5.74) is 1.83. The Kier molecular flexibility index (Phi) is 5.03. The van der Waals surface area contributed by atoms with E-state index in [-0.39, 0.29) is 18.1 Å². The first-order valence-corrected chi connectivity index (χ1v) is 7.78. The van der Waals surface area contributed by atoms with Gasteiger partial charge < -0.3 is 9.84 Å². The second kappa shape index (κ2) is 6.57. The second-order valence-electron chi connectivity index (χ2n) is 6.84. The summed E-state index contributed by atoms with van der Waals surface area (Å²) < 4.78 is 6.09. The highest BCUT2D eigenvalue weighted by molar-refractivity contribution is 5.28. The van der Waals surface area contributed by atoms with E-state index in [1.807, 2.05) is 12.1 Å². The molecule has 1 aliphatic carbocycles. The van der Waals surface area contributed by atoms with Crippen LogP contribution < -0.4 is 4.74 Å². The summed E-state index contributed by atoms with van der Waals surface area (Å²) in [6, 6.07) is 3.85. The van der Waals surface area contributed by atoms with Crippen molar-refractivity contribution in [3.8, 4) is 5.88 Å². The zero-order valence-electron chi connectivity index (χ0n) is 13.0. The molecule has 1 aromatic rings. The molecule has 1 saturated carbocycles. The largest absolute Gasteiger partial charge is 0.474 e. The zero-order valence-corrected chi connectivity index (χ0v) is 13.0. The molecule has 1 aliphatic rings. The van der Waals surface area contributed by atoms with Crippen LogP contribution >= 0.6 is 0 Å². The molecule has 112 valence electrons. The van der Waals surface area contributed by atoms with Gasteiger partial charge in [-0.05, 0) is 37.3 Å². The molecule has 2 rings (SSSR count). The van der Waals surface area contributed by atoms with Crippen LogP contribution in [-0.2, 0) is 12.0 Å². The number of ether oxygens (including phenoxy) is 1. The Balaban J connectivity index is 2.17. The van der Waals surface area contributed by atoms with E-state index in [0.717, 1.165) is 24.1 Å². The van der Waals surface area contributed by atoms with E-state index in [1.54, 1.807) is 0 Å². The van der Waals surface area contributed by atoms with Crippen molar-refractivity contribution < 1.29 is 9.84 Å². The van der Waals surface area contributed by atoms with Crippen LogP contribution in [0.5, 0.6) is 5.88 Å². The van der Waals surface area contributed by atoms with E-state index in [0.29, 0.717) is 5.88 Å². The third-order valence-corrected chi connectivity index (χ3v) is 3.90. The number of aliphatic hydroxyl groups excluding tert-OH is 1. The maximum absolute atomic E-state index is 9.42. The van der Waals surface area contributed by atoms with Gasteiger partial charge in [-0.15, -0.1) is 0 Å². The van der Waals surface area contributed by atoms with E-state index < -0.39 is 0 Å². The van der Waals surface area contributed by atoms with Gasteiger partial charge >= 0.3 is 0 Å². The predicted molar refractivity (Wildman–Crippen MR) is 81.0 cm³/mol. The van der Waals surface area contributed by atoms with Crippen LogP contribution in [0.1, 0.15) is 70.6 Å². The smallest absolute Gasteiger partial charge is 0.214 e. The van der Waals surface area contributed by atoms with Gasteiger partial charge in [0.25, 0.3) is 0 Å². The summed E-state index contributed by atoms with van der Waals surface area (Å²) in [7, 11) is 0. The third-order valence-electron chi connectivity index (χ3n) is 3.90.